The molecular weight excluding hydrogens is 210 g/mol. The molecule has 0 amide bonds. The molecule has 0 aliphatic heterocycles. The van der Waals surface area contributed by atoms with Crippen LogP contribution < -0.4 is 4.74 Å². The molecule has 1 saturated carbocycles. The van der Waals surface area contributed by atoms with Crippen molar-refractivity contribution in [1.29, 1.82) is 0 Å². The molecule has 1 aliphatic rings. The van der Waals surface area contributed by atoms with E-state index in [1.165, 1.54) is 6.07 Å². The van der Waals surface area contributed by atoms with Crippen LogP contribution in [0.4, 0.5) is 8.78 Å². The second kappa shape index (κ2) is 4.40. The maximum Gasteiger partial charge on any atom is 0.162 e. The van der Waals surface area contributed by atoms with Gasteiger partial charge in [0.25, 0.3) is 0 Å². The van der Waals surface area contributed by atoms with Crippen LogP contribution in [0.3, 0.4) is 0 Å². The zero-order valence-electron chi connectivity index (χ0n) is 9.54. The van der Waals surface area contributed by atoms with Crippen LogP contribution in [-0.4, -0.2) is 6.10 Å². The summed E-state index contributed by atoms with van der Waals surface area (Å²) in [6, 6.07) is 3.68. The van der Waals surface area contributed by atoms with Crippen LogP contribution in [0.15, 0.2) is 18.2 Å². The molecule has 0 unspecified atom stereocenters. The lowest BCUT2D eigenvalue weighted by atomic mass is 9.75. The minimum atomic E-state index is -0.850. The zero-order chi connectivity index (χ0) is 11.7. The summed E-state index contributed by atoms with van der Waals surface area (Å²) >= 11 is 0. The second-order valence-corrected chi connectivity index (χ2v) is 4.79. The van der Waals surface area contributed by atoms with Gasteiger partial charge < -0.3 is 4.74 Å². The highest BCUT2D eigenvalue weighted by molar-refractivity contribution is 5.24. The van der Waals surface area contributed by atoms with Gasteiger partial charge in [0.15, 0.2) is 11.6 Å². The molecule has 1 aromatic carbocycles. The molecule has 0 atom stereocenters. The predicted octanol–water partition coefficient (Wildman–Crippen LogP) is 3.78. The third-order valence-corrected chi connectivity index (χ3v) is 3.27. The summed E-state index contributed by atoms with van der Waals surface area (Å²) in [4.78, 5) is 0. The van der Waals surface area contributed by atoms with Crippen LogP contribution in [-0.2, 0) is 0 Å². The molecule has 1 aromatic rings. The van der Waals surface area contributed by atoms with Gasteiger partial charge in [-0.3, -0.25) is 0 Å². The first-order valence-corrected chi connectivity index (χ1v) is 5.68. The van der Waals surface area contributed by atoms with Gasteiger partial charge in [-0.1, -0.05) is 13.8 Å². The molecule has 0 bridgehead atoms. The Bertz CT molecular complexity index is 370. The smallest absolute Gasteiger partial charge is 0.162 e. The van der Waals surface area contributed by atoms with Crippen molar-refractivity contribution in [2.75, 3.05) is 0 Å². The first kappa shape index (κ1) is 11.4. The number of ether oxygens (including phenoxy) is 1. The molecular formula is C13H16F2O. The molecule has 1 aliphatic carbocycles. The summed E-state index contributed by atoms with van der Waals surface area (Å²) in [5.74, 6) is 0.115. The van der Waals surface area contributed by atoms with Crippen molar-refractivity contribution in [3.05, 3.63) is 29.8 Å². The fourth-order valence-corrected chi connectivity index (χ4v) is 1.99. The van der Waals surface area contributed by atoms with E-state index in [1.54, 1.807) is 0 Å². The summed E-state index contributed by atoms with van der Waals surface area (Å²) in [5, 5.41) is 0. The van der Waals surface area contributed by atoms with Crippen LogP contribution in [0.5, 0.6) is 5.75 Å². The predicted molar refractivity (Wildman–Crippen MR) is 58.3 cm³/mol. The molecule has 0 N–H and O–H groups in total. The Morgan fingerprint density at radius 2 is 1.88 bits per heavy atom. The quantitative estimate of drug-likeness (QED) is 0.762. The molecule has 16 heavy (non-hydrogen) atoms. The van der Waals surface area contributed by atoms with Gasteiger partial charge in [-0.05, 0) is 36.8 Å². The van der Waals surface area contributed by atoms with Crippen molar-refractivity contribution < 1.29 is 13.5 Å². The maximum absolute atomic E-state index is 12.9. The van der Waals surface area contributed by atoms with Gasteiger partial charge in [-0.2, -0.15) is 0 Å². The molecule has 1 fully saturated rings. The zero-order valence-corrected chi connectivity index (χ0v) is 9.54. The molecule has 88 valence electrons. The van der Waals surface area contributed by atoms with Crippen LogP contribution in [0, 0.1) is 23.5 Å². The third-order valence-electron chi connectivity index (χ3n) is 3.27. The summed E-state index contributed by atoms with van der Waals surface area (Å²) in [7, 11) is 0. The first-order chi connectivity index (χ1) is 7.56. The van der Waals surface area contributed by atoms with E-state index >= 15 is 0 Å². The van der Waals surface area contributed by atoms with Gasteiger partial charge in [0.2, 0.25) is 0 Å². The normalized spacial score (nSPS) is 24.3. The Labute approximate surface area is 94.4 Å². The van der Waals surface area contributed by atoms with E-state index in [0.29, 0.717) is 17.6 Å². The summed E-state index contributed by atoms with van der Waals surface area (Å²) < 4.78 is 31.1. The summed E-state index contributed by atoms with van der Waals surface area (Å²) in [5.41, 5.74) is 0. The van der Waals surface area contributed by atoms with E-state index in [1.807, 2.05) is 0 Å². The van der Waals surface area contributed by atoms with Crippen LogP contribution in [0.1, 0.15) is 26.7 Å². The van der Waals surface area contributed by atoms with Crippen molar-refractivity contribution in [1.82, 2.24) is 0 Å². The van der Waals surface area contributed by atoms with Crippen molar-refractivity contribution >= 4 is 0 Å². The third kappa shape index (κ3) is 2.34. The highest BCUT2D eigenvalue weighted by Crippen LogP contribution is 2.36. The number of hydrogen-bond acceptors (Lipinski definition) is 1. The minimum Gasteiger partial charge on any atom is -0.490 e. The molecule has 0 spiro atoms. The van der Waals surface area contributed by atoms with E-state index in [0.717, 1.165) is 25.0 Å². The Morgan fingerprint density at radius 3 is 2.44 bits per heavy atom. The van der Waals surface area contributed by atoms with E-state index < -0.39 is 11.6 Å². The largest absolute Gasteiger partial charge is 0.490 e. The second-order valence-electron chi connectivity index (χ2n) is 4.79. The molecule has 2 rings (SSSR count). The first-order valence-electron chi connectivity index (χ1n) is 5.68. The molecule has 0 radical (unpaired) electrons. The Morgan fingerprint density at radius 1 is 1.19 bits per heavy atom. The maximum atomic E-state index is 12.9. The Hall–Kier alpha value is -1.12. The average molecular weight is 226 g/mol. The van der Waals surface area contributed by atoms with Crippen molar-refractivity contribution in [3.8, 4) is 5.75 Å². The SMILES string of the molecule is CC(C)C1CC(Oc2ccc(F)c(F)c2)C1. The van der Waals surface area contributed by atoms with Gasteiger partial charge in [0.05, 0.1) is 6.10 Å². The molecule has 1 nitrogen and oxygen atoms in total. The lowest BCUT2D eigenvalue weighted by molar-refractivity contribution is 0.0414. The highest BCUT2D eigenvalue weighted by Gasteiger charge is 2.32. The Balaban J connectivity index is 1.89. The van der Waals surface area contributed by atoms with E-state index in [4.69, 9.17) is 4.74 Å². The molecule has 0 saturated heterocycles. The Kier molecular flexibility index (Phi) is 3.13. The van der Waals surface area contributed by atoms with Crippen LogP contribution in [0.25, 0.3) is 0 Å². The van der Waals surface area contributed by atoms with Crippen LogP contribution >= 0.6 is 0 Å². The van der Waals surface area contributed by atoms with Crippen molar-refractivity contribution in [2.45, 2.75) is 32.8 Å². The molecule has 3 heteroatoms. The van der Waals surface area contributed by atoms with Gasteiger partial charge in [-0.15, -0.1) is 0 Å². The number of halogens is 2. The fourth-order valence-electron chi connectivity index (χ4n) is 1.99. The highest BCUT2D eigenvalue weighted by atomic mass is 19.2. The lowest BCUT2D eigenvalue weighted by Gasteiger charge is -2.37. The van der Waals surface area contributed by atoms with Crippen LogP contribution in [0.2, 0.25) is 0 Å². The van der Waals surface area contributed by atoms with Crippen molar-refractivity contribution in [3.63, 3.8) is 0 Å². The molecule has 0 aromatic heterocycles. The topological polar surface area (TPSA) is 9.23 Å². The average Bonchev–Trinajstić information content (AvgIpc) is 2.15. The van der Waals surface area contributed by atoms with E-state index in [9.17, 15) is 8.78 Å². The number of benzene rings is 1. The number of hydrogen-bond donors (Lipinski definition) is 0. The summed E-state index contributed by atoms with van der Waals surface area (Å²) in [6.07, 6.45) is 2.19. The van der Waals surface area contributed by atoms with Gasteiger partial charge in [0.1, 0.15) is 5.75 Å². The number of rotatable bonds is 3. The van der Waals surface area contributed by atoms with E-state index in [2.05, 4.69) is 13.8 Å². The molecule has 0 heterocycles. The van der Waals surface area contributed by atoms with Gasteiger partial charge >= 0.3 is 0 Å². The lowest BCUT2D eigenvalue weighted by Crippen LogP contribution is -2.36. The minimum absolute atomic E-state index is 0.164. The van der Waals surface area contributed by atoms with Gasteiger partial charge in [-0.25, -0.2) is 8.78 Å². The van der Waals surface area contributed by atoms with Gasteiger partial charge in [0, 0.05) is 6.07 Å². The van der Waals surface area contributed by atoms with E-state index in [-0.39, 0.29) is 6.10 Å². The standard InChI is InChI=1S/C13H16F2O/c1-8(2)9-5-11(6-9)16-10-3-4-12(14)13(15)7-10/h3-4,7-9,11H,5-6H2,1-2H3. The fraction of sp³-hybridized carbons (Fsp3) is 0.538. The monoisotopic (exact) mass is 226 g/mol. The summed E-state index contributed by atoms with van der Waals surface area (Å²) in [6.45, 7) is 4.39. The van der Waals surface area contributed by atoms with Crippen molar-refractivity contribution in [2.24, 2.45) is 11.8 Å².